The third kappa shape index (κ3) is 13.0. The molecule has 0 atom stereocenters. The molecule has 17 heavy (non-hydrogen) atoms. The van der Waals surface area contributed by atoms with Crippen molar-refractivity contribution >= 4 is 12.1 Å². The van der Waals surface area contributed by atoms with Crippen LogP contribution in [0.1, 0.15) is 71.1 Å². The monoisotopic (exact) mass is 238 g/mol. The molecule has 0 amide bonds. The number of carbonyl (C=O) groups is 2. The fourth-order valence-electron chi connectivity index (χ4n) is 1.84. The van der Waals surface area contributed by atoms with Crippen LogP contribution in [0.2, 0.25) is 0 Å². The highest BCUT2D eigenvalue weighted by Crippen LogP contribution is 2.10. The summed E-state index contributed by atoms with van der Waals surface area (Å²) in [6, 6.07) is 0. The predicted octanol–water partition coefficient (Wildman–Crippen LogP) is 4.23. The van der Waals surface area contributed by atoms with Crippen molar-refractivity contribution in [3.8, 4) is 0 Å². The minimum absolute atomic E-state index is 0.0695. The first-order chi connectivity index (χ1) is 8.31. The van der Waals surface area contributed by atoms with Crippen molar-refractivity contribution < 1.29 is 9.59 Å². The van der Waals surface area contributed by atoms with Crippen molar-refractivity contribution in [1.29, 1.82) is 0 Å². The van der Waals surface area contributed by atoms with Crippen molar-refractivity contribution in [2.24, 2.45) is 0 Å². The van der Waals surface area contributed by atoms with Gasteiger partial charge >= 0.3 is 0 Å². The van der Waals surface area contributed by atoms with Gasteiger partial charge < -0.3 is 0 Å². The van der Waals surface area contributed by atoms with Gasteiger partial charge in [-0.1, -0.05) is 58.3 Å². The molecule has 0 aromatic heterocycles. The Morgan fingerprint density at radius 3 is 1.94 bits per heavy atom. The Morgan fingerprint density at radius 1 is 0.882 bits per heavy atom. The Hall–Kier alpha value is -0.920. The lowest BCUT2D eigenvalue weighted by Gasteiger charge is -2.00. The molecule has 0 aliphatic rings. The van der Waals surface area contributed by atoms with E-state index in [1.165, 1.54) is 57.1 Å². The average molecular weight is 238 g/mol. The average Bonchev–Trinajstić information content (AvgIpc) is 2.34. The summed E-state index contributed by atoms with van der Waals surface area (Å²) in [5.41, 5.74) is 0. The van der Waals surface area contributed by atoms with Gasteiger partial charge in [-0.3, -0.25) is 9.59 Å². The van der Waals surface area contributed by atoms with Crippen molar-refractivity contribution in [3.63, 3.8) is 0 Å². The highest BCUT2D eigenvalue weighted by molar-refractivity contribution is 5.92. The van der Waals surface area contributed by atoms with Gasteiger partial charge in [0.25, 0.3) is 0 Å². The number of unbranched alkanes of at least 4 members (excludes halogenated alkanes) is 8. The van der Waals surface area contributed by atoms with Crippen molar-refractivity contribution in [1.82, 2.24) is 0 Å². The maximum absolute atomic E-state index is 11.2. The number of allylic oxidation sites excluding steroid dienone is 2. The highest BCUT2D eigenvalue weighted by atomic mass is 16.1. The van der Waals surface area contributed by atoms with Crippen LogP contribution in [0.15, 0.2) is 12.2 Å². The molecule has 0 aliphatic carbocycles. The first-order valence-electron chi connectivity index (χ1n) is 6.96. The number of rotatable bonds is 12. The standard InChI is InChI=1S/C15H26O2/c1-2-3-4-5-6-7-8-9-10-12-15(17)13-11-14-16/h11,13-14H,2-10,12H2,1H3/b13-11+. The van der Waals surface area contributed by atoms with Gasteiger partial charge in [0.2, 0.25) is 0 Å². The molecule has 0 heterocycles. The van der Waals surface area contributed by atoms with Crippen LogP contribution in [0.4, 0.5) is 0 Å². The number of hydrogen-bond acceptors (Lipinski definition) is 2. The van der Waals surface area contributed by atoms with Crippen LogP contribution in [0, 0.1) is 0 Å². The lowest BCUT2D eigenvalue weighted by Crippen LogP contribution is -1.92. The maximum Gasteiger partial charge on any atom is 0.155 e. The van der Waals surface area contributed by atoms with Crippen LogP contribution in [0.3, 0.4) is 0 Å². The molecule has 0 radical (unpaired) electrons. The summed E-state index contributed by atoms with van der Waals surface area (Å²) in [5, 5.41) is 0. The van der Waals surface area contributed by atoms with Crippen LogP contribution in [0.5, 0.6) is 0 Å². The van der Waals surface area contributed by atoms with Gasteiger partial charge in [-0.2, -0.15) is 0 Å². The fraction of sp³-hybridized carbons (Fsp3) is 0.733. The van der Waals surface area contributed by atoms with E-state index in [1.54, 1.807) is 0 Å². The fourth-order valence-corrected chi connectivity index (χ4v) is 1.84. The largest absolute Gasteiger partial charge is 0.299 e. The smallest absolute Gasteiger partial charge is 0.155 e. The zero-order valence-electron chi connectivity index (χ0n) is 11.1. The summed E-state index contributed by atoms with van der Waals surface area (Å²) in [4.78, 5) is 21.2. The first-order valence-corrected chi connectivity index (χ1v) is 6.96. The molecule has 0 aromatic carbocycles. The van der Waals surface area contributed by atoms with Crippen LogP contribution in [-0.2, 0) is 9.59 Å². The molecule has 2 heteroatoms. The summed E-state index contributed by atoms with van der Waals surface area (Å²) in [7, 11) is 0. The van der Waals surface area contributed by atoms with E-state index in [0.29, 0.717) is 12.7 Å². The second-order valence-electron chi connectivity index (χ2n) is 4.54. The van der Waals surface area contributed by atoms with E-state index in [1.807, 2.05) is 0 Å². The van der Waals surface area contributed by atoms with Crippen molar-refractivity contribution in [3.05, 3.63) is 12.2 Å². The molecule has 0 unspecified atom stereocenters. The molecular formula is C15H26O2. The Balaban J connectivity index is 3.15. The Kier molecular flexibility index (Phi) is 12.4. The third-order valence-corrected chi connectivity index (χ3v) is 2.89. The molecular weight excluding hydrogens is 212 g/mol. The molecule has 0 bridgehead atoms. The minimum atomic E-state index is 0.0695. The molecule has 98 valence electrons. The maximum atomic E-state index is 11.2. The second kappa shape index (κ2) is 13.1. The SMILES string of the molecule is CCCCCCCCCCCC(=O)/C=C/C=O. The topological polar surface area (TPSA) is 34.1 Å². The Morgan fingerprint density at radius 2 is 1.41 bits per heavy atom. The van der Waals surface area contributed by atoms with E-state index in [4.69, 9.17) is 0 Å². The van der Waals surface area contributed by atoms with E-state index >= 15 is 0 Å². The van der Waals surface area contributed by atoms with E-state index in [9.17, 15) is 9.59 Å². The van der Waals surface area contributed by atoms with Gasteiger partial charge in [-0.25, -0.2) is 0 Å². The van der Waals surface area contributed by atoms with E-state index in [2.05, 4.69) is 6.92 Å². The van der Waals surface area contributed by atoms with E-state index in [0.717, 1.165) is 12.8 Å². The summed E-state index contributed by atoms with van der Waals surface area (Å²) in [6.45, 7) is 2.23. The van der Waals surface area contributed by atoms with Crippen LogP contribution in [0.25, 0.3) is 0 Å². The van der Waals surface area contributed by atoms with Crippen molar-refractivity contribution in [2.75, 3.05) is 0 Å². The van der Waals surface area contributed by atoms with Gasteiger partial charge in [0.15, 0.2) is 5.78 Å². The van der Waals surface area contributed by atoms with Gasteiger partial charge in [0, 0.05) is 6.42 Å². The van der Waals surface area contributed by atoms with Crippen LogP contribution in [-0.4, -0.2) is 12.1 Å². The molecule has 0 aliphatic heterocycles. The number of hydrogen-bond donors (Lipinski definition) is 0. The van der Waals surface area contributed by atoms with E-state index < -0.39 is 0 Å². The molecule has 2 nitrogen and oxygen atoms in total. The Labute approximate surface area is 105 Å². The molecule has 0 saturated heterocycles. The molecule has 0 fully saturated rings. The summed E-state index contributed by atoms with van der Waals surface area (Å²) >= 11 is 0. The molecule has 0 saturated carbocycles. The van der Waals surface area contributed by atoms with Gasteiger partial charge in [0.1, 0.15) is 6.29 Å². The highest BCUT2D eigenvalue weighted by Gasteiger charge is 1.96. The number of aldehydes is 1. The molecule has 0 N–H and O–H groups in total. The zero-order chi connectivity index (χ0) is 12.8. The van der Waals surface area contributed by atoms with E-state index in [-0.39, 0.29) is 5.78 Å². The quantitative estimate of drug-likeness (QED) is 0.289. The van der Waals surface area contributed by atoms with Gasteiger partial charge in [0.05, 0.1) is 0 Å². The third-order valence-electron chi connectivity index (χ3n) is 2.89. The summed E-state index contributed by atoms with van der Waals surface area (Å²) < 4.78 is 0. The number of ketones is 1. The molecule has 0 rings (SSSR count). The number of carbonyl (C=O) groups excluding carboxylic acids is 2. The lowest BCUT2D eigenvalue weighted by molar-refractivity contribution is -0.115. The van der Waals surface area contributed by atoms with Gasteiger partial charge in [-0.15, -0.1) is 0 Å². The normalized spacial score (nSPS) is 10.9. The molecule has 0 spiro atoms. The summed E-state index contributed by atoms with van der Waals surface area (Å²) in [5.74, 6) is 0.0695. The van der Waals surface area contributed by atoms with Crippen molar-refractivity contribution in [2.45, 2.75) is 71.1 Å². The zero-order valence-corrected chi connectivity index (χ0v) is 11.1. The van der Waals surface area contributed by atoms with Crippen LogP contribution < -0.4 is 0 Å². The minimum Gasteiger partial charge on any atom is -0.299 e. The Bertz CT molecular complexity index is 219. The first kappa shape index (κ1) is 16.1. The van der Waals surface area contributed by atoms with Gasteiger partial charge in [-0.05, 0) is 18.6 Å². The predicted molar refractivity (Wildman–Crippen MR) is 72.1 cm³/mol. The molecule has 0 aromatic rings. The lowest BCUT2D eigenvalue weighted by atomic mass is 10.1. The van der Waals surface area contributed by atoms with Crippen LogP contribution >= 0.6 is 0 Å². The summed E-state index contributed by atoms with van der Waals surface area (Å²) in [6.07, 6.45) is 15.2. The second-order valence-corrected chi connectivity index (χ2v) is 4.54.